The van der Waals surface area contributed by atoms with E-state index in [0.717, 1.165) is 9.36 Å². The fourth-order valence-electron chi connectivity index (χ4n) is 3.58. The number of amides is 1. The first-order valence-electron chi connectivity index (χ1n) is 10.9. The molecule has 200 valence electrons. The standard InChI is InChI=1S/C23H17ClF6N6O2/c1-35-21(17(23(28,29)30)20(34-35)38-7-4-16(25)18(26)27)36-10-13(9-32-36)12-2-3-15(24)14(8-12)19(37)33-22(11-31)5-6-22/h2-3,8-10H,4-7H2,1H3,(H,33,37). The van der Waals surface area contributed by atoms with Gasteiger partial charge in [0.05, 0.1) is 29.5 Å². The minimum atomic E-state index is -4.99. The lowest BCUT2D eigenvalue weighted by atomic mass is 10.1. The fraction of sp³-hybridized carbons (Fsp3) is 0.304. The summed E-state index contributed by atoms with van der Waals surface area (Å²) in [6, 6.07) is 6.42. The van der Waals surface area contributed by atoms with Crippen molar-refractivity contribution in [1.82, 2.24) is 24.9 Å². The molecule has 0 unspecified atom stereocenters. The molecule has 0 atom stereocenters. The third-order valence-corrected chi connectivity index (χ3v) is 6.02. The first kappa shape index (κ1) is 27.1. The summed E-state index contributed by atoms with van der Waals surface area (Å²) >= 11 is 6.16. The quantitative estimate of drug-likeness (QED) is 0.364. The van der Waals surface area contributed by atoms with Crippen LogP contribution < -0.4 is 10.1 Å². The maximum atomic E-state index is 13.9. The van der Waals surface area contributed by atoms with Gasteiger partial charge in [-0.25, -0.2) is 13.8 Å². The number of hydrogen-bond acceptors (Lipinski definition) is 5. The second-order valence-corrected chi connectivity index (χ2v) is 8.81. The van der Waals surface area contributed by atoms with Gasteiger partial charge in [-0.2, -0.15) is 32.3 Å². The van der Waals surface area contributed by atoms with Gasteiger partial charge in [-0.05, 0) is 30.5 Å². The van der Waals surface area contributed by atoms with E-state index in [1.165, 1.54) is 37.6 Å². The number of aromatic nitrogens is 4. The van der Waals surface area contributed by atoms with Gasteiger partial charge in [0.25, 0.3) is 5.91 Å². The number of halogens is 7. The second-order valence-electron chi connectivity index (χ2n) is 8.41. The lowest BCUT2D eigenvalue weighted by Crippen LogP contribution is -2.35. The van der Waals surface area contributed by atoms with Crippen LogP contribution in [0.3, 0.4) is 0 Å². The summed E-state index contributed by atoms with van der Waals surface area (Å²) in [5.41, 5.74) is -1.50. The summed E-state index contributed by atoms with van der Waals surface area (Å²) < 4.78 is 85.9. The van der Waals surface area contributed by atoms with Gasteiger partial charge in [0, 0.05) is 25.2 Å². The number of nitriles is 1. The number of benzene rings is 1. The van der Waals surface area contributed by atoms with Gasteiger partial charge in [0.15, 0.2) is 17.2 Å². The van der Waals surface area contributed by atoms with Crippen molar-refractivity contribution in [2.24, 2.45) is 7.05 Å². The summed E-state index contributed by atoms with van der Waals surface area (Å²) in [5, 5.41) is 19.6. The molecule has 4 rings (SSSR count). The van der Waals surface area contributed by atoms with Gasteiger partial charge in [-0.3, -0.25) is 4.79 Å². The number of carbonyl (C=O) groups is 1. The summed E-state index contributed by atoms with van der Waals surface area (Å²) in [6.07, 6.45) is -5.00. The Morgan fingerprint density at radius 2 is 1.97 bits per heavy atom. The fourth-order valence-corrected chi connectivity index (χ4v) is 3.78. The van der Waals surface area contributed by atoms with Crippen molar-refractivity contribution in [3.05, 3.63) is 58.6 Å². The average molecular weight is 559 g/mol. The van der Waals surface area contributed by atoms with E-state index in [1.807, 2.05) is 6.07 Å². The topological polar surface area (TPSA) is 97.8 Å². The maximum absolute atomic E-state index is 13.9. The van der Waals surface area contributed by atoms with Crippen LogP contribution in [-0.4, -0.2) is 37.6 Å². The third-order valence-electron chi connectivity index (χ3n) is 5.69. The molecule has 1 saturated carbocycles. The number of hydrogen-bond donors (Lipinski definition) is 1. The van der Waals surface area contributed by atoms with Gasteiger partial charge >= 0.3 is 12.3 Å². The molecule has 1 N–H and O–H groups in total. The Bertz CT molecular complexity index is 1460. The SMILES string of the molecule is Cn1nc(OCCC(F)=C(F)F)c(C(F)(F)F)c1-n1cc(-c2ccc(Cl)c(C(=O)NC3(C#N)CC3)c2)cn1. The minimum Gasteiger partial charge on any atom is -0.476 e. The van der Waals surface area contributed by atoms with Crippen LogP contribution in [0.25, 0.3) is 16.9 Å². The van der Waals surface area contributed by atoms with Crippen LogP contribution in [0.5, 0.6) is 5.88 Å². The highest BCUT2D eigenvalue weighted by Crippen LogP contribution is 2.40. The smallest absolute Gasteiger partial charge is 0.425 e. The molecule has 15 heteroatoms. The van der Waals surface area contributed by atoms with E-state index in [-0.39, 0.29) is 10.6 Å². The molecule has 3 aromatic rings. The van der Waals surface area contributed by atoms with E-state index >= 15 is 0 Å². The lowest BCUT2D eigenvalue weighted by molar-refractivity contribution is -0.138. The average Bonchev–Trinajstić information content (AvgIpc) is 3.29. The molecule has 0 saturated heterocycles. The Kier molecular flexibility index (Phi) is 7.16. The first-order valence-corrected chi connectivity index (χ1v) is 11.3. The summed E-state index contributed by atoms with van der Waals surface area (Å²) in [4.78, 5) is 12.7. The Hall–Kier alpha value is -3.99. The van der Waals surface area contributed by atoms with Crippen molar-refractivity contribution < 1.29 is 35.9 Å². The monoisotopic (exact) mass is 558 g/mol. The molecule has 0 spiro atoms. The van der Waals surface area contributed by atoms with Gasteiger partial charge in [-0.15, -0.1) is 5.10 Å². The summed E-state index contributed by atoms with van der Waals surface area (Å²) in [7, 11) is 1.19. The molecule has 2 aromatic heterocycles. The van der Waals surface area contributed by atoms with Crippen molar-refractivity contribution in [3.63, 3.8) is 0 Å². The highest BCUT2D eigenvalue weighted by Gasteiger charge is 2.45. The molecule has 1 aromatic carbocycles. The highest BCUT2D eigenvalue weighted by molar-refractivity contribution is 6.34. The van der Waals surface area contributed by atoms with Crippen LogP contribution in [0.15, 0.2) is 42.5 Å². The van der Waals surface area contributed by atoms with Crippen molar-refractivity contribution in [2.45, 2.75) is 31.0 Å². The largest absolute Gasteiger partial charge is 0.476 e. The van der Waals surface area contributed by atoms with Crippen LogP contribution in [-0.2, 0) is 13.2 Å². The molecule has 1 aliphatic rings. The van der Waals surface area contributed by atoms with Crippen molar-refractivity contribution >= 4 is 17.5 Å². The van der Waals surface area contributed by atoms with E-state index in [2.05, 4.69) is 15.5 Å². The molecule has 1 aliphatic carbocycles. The van der Waals surface area contributed by atoms with E-state index in [4.69, 9.17) is 16.3 Å². The third kappa shape index (κ3) is 5.47. The lowest BCUT2D eigenvalue weighted by Gasteiger charge is -2.11. The summed E-state index contributed by atoms with van der Waals surface area (Å²) in [5.74, 6) is -3.86. The number of ether oxygens (including phenoxy) is 1. The minimum absolute atomic E-state index is 0.0663. The molecule has 38 heavy (non-hydrogen) atoms. The van der Waals surface area contributed by atoms with Gasteiger partial charge < -0.3 is 10.1 Å². The van der Waals surface area contributed by atoms with E-state index < -0.39 is 59.8 Å². The number of carbonyl (C=O) groups excluding carboxylic acids is 1. The van der Waals surface area contributed by atoms with Crippen LogP contribution in [0.2, 0.25) is 5.02 Å². The van der Waals surface area contributed by atoms with Crippen LogP contribution in [0.4, 0.5) is 26.3 Å². The van der Waals surface area contributed by atoms with Crippen LogP contribution in [0, 0.1) is 11.3 Å². The molecule has 0 bridgehead atoms. The zero-order valence-electron chi connectivity index (χ0n) is 19.4. The predicted octanol–water partition coefficient (Wildman–Crippen LogP) is 5.58. The number of nitrogens with zero attached hydrogens (tertiary/aromatic N) is 5. The molecule has 0 aliphatic heterocycles. The Morgan fingerprint density at radius 3 is 2.58 bits per heavy atom. The zero-order chi connectivity index (χ0) is 27.8. The van der Waals surface area contributed by atoms with Crippen molar-refractivity contribution in [3.8, 4) is 28.9 Å². The normalized spacial score (nSPS) is 14.1. The van der Waals surface area contributed by atoms with Crippen molar-refractivity contribution in [1.29, 1.82) is 5.26 Å². The number of rotatable bonds is 8. The molecule has 1 fully saturated rings. The number of nitrogens with one attached hydrogen (secondary N) is 1. The van der Waals surface area contributed by atoms with E-state index in [0.29, 0.717) is 24.0 Å². The molecule has 8 nitrogen and oxygen atoms in total. The summed E-state index contributed by atoms with van der Waals surface area (Å²) in [6.45, 7) is -0.810. The Labute approximate surface area is 216 Å². The maximum Gasteiger partial charge on any atom is 0.425 e. The predicted molar refractivity (Wildman–Crippen MR) is 121 cm³/mol. The number of alkyl halides is 3. The van der Waals surface area contributed by atoms with Crippen LogP contribution in [0.1, 0.15) is 35.2 Å². The molecular weight excluding hydrogens is 542 g/mol. The molecule has 1 amide bonds. The Balaban J connectivity index is 1.65. The van der Waals surface area contributed by atoms with Gasteiger partial charge in [0.1, 0.15) is 5.54 Å². The van der Waals surface area contributed by atoms with E-state index in [9.17, 15) is 36.4 Å². The molecule has 0 radical (unpaired) electrons. The first-order chi connectivity index (χ1) is 17.8. The second kappa shape index (κ2) is 10.1. The van der Waals surface area contributed by atoms with Crippen LogP contribution >= 0.6 is 11.6 Å². The highest BCUT2D eigenvalue weighted by atomic mass is 35.5. The number of aryl methyl sites for hydroxylation is 1. The van der Waals surface area contributed by atoms with E-state index in [1.54, 1.807) is 0 Å². The molecule has 2 heterocycles. The Morgan fingerprint density at radius 1 is 1.26 bits per heavy atom. The van der Waals surface area contributed by atoms with Crippen molar-refractivity contribution in [2.75, 3.05) is 6.61 Å². The molecular formula is C23H17ClF6N6O2. The van der Waals surface area contributed by atoms with Gasteiger partial charge in [-0.1, -0.05) is 17.7 Å². The van der Waals surface area contributed by atoms with Gasteiger partial charge in [0.2, 0.25) is 5.88 Å². The zero-order valence-corrected chi connectivity index (χ0v) is 20.2.